The number of rotatable bonds is 3. The van der Waals surface area contributed by atoms with Crippen LogP contribution in [0.4, 0.5) is 0 Å². The maximum absolute atomic E-state index is 4.22. The van der Waals surface area contributed by atoms with Crippen molar-refractivity contribution in [2.45, 2.75) is 20.8 Å². The fourth-order valence-corrected chi connectivity index (χ4v) is 3.20. The number of nitrogens with zero attached hydrogens (tertiary/aromatic N) is 1. The Bertz CT molecular complexity index is 866. The van der Waals surface area contributed by atoms with Crippen molar-refractivity contribution < 1.29 is 0 Å². The van der Waals surface area contributed by atoms with E-state index in [1.807, 2.05) is 6.92 Å². The van der Waals surface area contributed by atoms with Gasteiger partial charge >= 0.3 is 0 Å². The summed E-state index contributed by atoms with van der Waals surface area (Å²) in [5, 5.41) is 2.57. The van der Waals surface area contributed by atoms with Gasteiger partial charge in [-0.2, -0.15) is 0 Å². The minimum atomic E-state index is 1.07. The Kier molecular flexibility index (Phi) is 3.72. The van der Waals surface area contributed by atoms with Crippen molar-refractivity contribution in [3.63, 3.8) is 0 Å². The van der Waals surface area contributed by atoms with Crippen LogP contribution in [0.3, 0.4) is 0 Å². The average molecular weight is 287 g/mol. The molecule has 3 aromatic rings. The third kappa shape index (κ3) is 2.19. The van der Waals surface area contributed by atoms with Crippen LogP contribution in [-0.2, 0) is 0 Å². The third-order valence-electron chi connectivity index (χ3n) is 4.00. The SMILES string of the molecule is C=C(C)/C(=C(C)\C=C/C)n1c2ccccc2c2ccccc21. The third-order valence-corrected chi connectivity index (χ3v) is 4.00. The van der Waals surface area contributed by atoms with E-state index in [1.165, 1.54) is 33.1 Å². The number of para-hydroxylation sites is 2. The number of fused-ring (bicyclic) bond motifs is 3. The highest BCUT2D eigenvalue weighted by Gasteiger charge is 2.14. The maximum atomic E-state index is 4.22. The molecular formula is C21H21N. The van der Waals surface area contributed by atoms with Crippen molar-refractivity contribution in [1.82, 2.24) is 4.57 Å². The van der Waals surface area contributed by atoms with Gasteiger partial charge in [-0.25, -0.2) is 0 Å². The average Bonchev–Trinajstić information content (AvgIpc) is 2.83. The zero-order valence-corrected chi connectivity index (χ0v) is 13.4. The normalized spacial score (nSPS) is 13.0. The molecule has 0 spiro atoms. The summed E-state index contributed by atoms with van der Waals surface area (Å²) in [6.45, 7) is 10.5. The Morgan fingerprint density at radius 2 is 1.41 bits per heavy atom. The molecule has 0 fully saturated rings. The lowest BCUT2D eigenvalue weighted by atomic mass is 10.1. The Morgan fingerprint density at radius 3 is 1.86 bits per heavy atom. The minimum Gasteiger partial charge on any atom is -0.309 e. The summed E-state index contributed by atoms with van der Waals surface area (Å²) in [4.78, 5) is 0. The molecule has 2 aromatic carbocycles. The molecule has 1 aromatic heterocycles. The zero-order chi connectivity index (χ0) is 15.7. The topological polar surface area (TPSA) is 4.93 Å². The van der Waals surface area contributed by atoms with Gasteiger partial charge in [-0.05, 0) is 44.1 Å². The van der Waals surface area contributed by atoms with E-state index in [-0.39, 0.29) is 0 Å². The highest BCUT2D eigenvalue weighted by atomic mass is 15.0. The van der Waals surface area contributed by atoms with Crippen LogP contribution in [0.1, 0.15) is 20.8 Å². The summed E-state index contributed by atoms with van der Waals surface area (Å²) < 4.78 is 2.34. The van der Waals surface area contributed by atoms with Crippen molar-refractivity contribution in [1.29, 1.82) is 0 Å². The van der Waals surface area contributed by atoms with E-state index in [4.69, 9.17) is 0 Å². The molecule has 0 aliphatic heterocycles. The highest BCUT2D eigenvalue weighted by Crippen LogP contribution is 2.34. The summed E-state index contributed by atoms with van der Waals surface area (Å²) in [6, 6.07) is 17.1. The molecule has 0 atom stereocenters. The van der Waals surface area contributed by atoms with E-state index in [0.717, 1.165) is 5.57 Å². The molecule has 0 amide bonds. The lowest BCUT2D eigenvalue weighted by molar-refractivity contribution is 1.18. The molecular weight excluding hydrogens is 266 g/mol. The quantitative estimate of drug-likeness (QED) is 0.507. The van der Waals surface area contributed by atoms with E-state index in [1.54, 1.807) is 0 Å². The summed E-state index contributed by atoms with van der Waals surface area (Å²) in [5.74, 6) is 0. The van der Waals surface area contributed by atoms with Crippen LogP contribution in [0.5, 0.6) is 0 Å². The number of allylic oxidation sites excluding steroid dienone is 5. The predicted octanol–water partition coefficient (Wildman–Crippen LogP) is 6.18. The van der Waals surface area contributed by atoms with Gasteiger partial charge < -0.3 is 4.57 Å². The molecule has 0 radical (unpaired) electrons. The van der Waals surface area contributed by atoms with Crippen LogP contribution in [-0.4, -0.2) is 4.57 Å². The van der Waals surface area contributed by atoms with E-state index in [9.17, 15) is 0 Å². The number of hydrogen-bond acceptors (Lipinski definition) is 0. The molecule has 0 N–H and O–H groups in total. The molecule has 22 heavy (non-hydrogen) atoms. The van der Waals surface area contributed by atoms with Gasteiger partial charge in [0.25, 0.3) is 0 Å². The van der Waals surface area contributed by atoms with Crippen LogP contribution < -0.4 is 0 Å². The molecule has 3 rings (SSSR count). The Hall–Kier alpha value is -2.54. The van der Waals surface area contributed by atoms with Crippen LogP contribution in [0.15, 0.2) is 78.4 Å². The van der Waals surface area contributed by atoms with Crippen LogP contribution in [0, 0.1) is 0 Å². The summed E-state index contributed by atoms with van der Waals surface area (Å²) in [7, 11) is 0. The molecule has 0 aliphatic rings. The minimum absolute atomic E-state index is 1.07. The zero-order valence-electron chi connectivity index (χ0n) is 13.4. The second-order valence-electron chi connectivity index (χ2n) is 5.68. The molecule has 1 nitrogen and oxygen atoms in total. The molecule has 0 unspecified atom stereocenters. The van der Waals surface area contributed by atoms with E-state index in [0.29, 0.717) is 0 Å². The number of benzene rings is 2. The van der Waals surface area contributed by atoms with Crippen molar-refractivity contribution in [2.75, 3.05) is 0 Å². The van der Waals surface area contributed by atoms with Crippen molar-refractivity contribution in [3.8, 4) is 0 Å². The van der Waals surface area contributed by atoms with Crippen molar-refractivity contribution >= 4 is 27.5 Å². The van der Waals surface area contributed by atoms with Gasteiger partial charge in [-0.1, -0.05) is 55.1 Å². The molecule has 0 aliphatic carbocycles. The molecule has 110 valence electrons. The monoisotopic (exact) mass is 287 g/mol. The Balaban J connectivity index is 2.52. The van der Waals surface area contributed by atoms with Gasteiger partial charge in [0.15, 0.2) is 0 Å². The fourth-order valence-electron chi connectivity index (χ4n) is 3.20. The standard InChI is InChI=1S/C21H21N/c1-5-10-16(4)21(15(2)3)22-19-13-8-6-11-17(19)18-12-7-9-14-20(18)22/h5-14H,2H2,1,3-4H3/b10-5-,21-16+. The number of aromatic nitrogens is 1. The van der Waals surface area contributed by atoms with Gasteiger partial charge in [-0.15, -0.1) is 0 Å². The second-order valence-corrected chi connectivity index (χ2v) is 5.68. The lowest BCUT2D eigenvalue weighted by Gasteiger charge is -2.15. The molecule has 0 saturated carbocycles. The smallest absolute Gasteiger partial charge is 0.0541 e. The van der Waals surface area contributed by atoms with Crippen LogP contribution in [0.2, 0.25) is 0 Å². The van der Waals surface area contributed by atoms with Gasteiger partial charge in [0.05, 0.1) is 16.7 Å². The maximum Gasteiger partial charge on any atom is 0.0541 e. The first-order valence-electron chi connectivity index (χ1n) is 7.63. The summed E-state index contributed by atoms with van der Waals surface area (Å²) in [6.07, 6.45) is 4.22. The summed E-state index contributed by atoms with van der Waals surface area (Å²) in [5.41, 5.74) is 5.93. The van der Waals surface area contributed by atoms with Crippen LogP contribution >= 0.6 is 0 Å². The van der Waals surface area contributed by atoms with E-state index >= 15 is 0 Å². The van der Waals surface area contributed by atoms with Gasteiger partial charge in [-0.3, -0.25) is 0 Å². The fraction of sp³-hybridized carbons (Fsp3) is 0.143. The molecule has 1 heteroatoms. The Morgan fingerprint density at radius 1 is 0.909 bits per heavy atom. The highest BCUT2D eigenvalue weighted by molar-refractivity contribution is 6.10. The van der Waals surface area contributed by atoms with Crippen LogP contribution in [0.25, 0.3) is 27.5 Å². The van der Waals surface area contributed by atoms with Gasteiger partial charge in [0.2, 0.25) is 0 Å². The first-order chi connectivity index (χ1) is 10.6. The Labute approximate surface area is 131 Å². The largest absolute Gasteiger partial charge is 0.309 e. The van der Waals surface area contributed by atoms with E-state index in [2.05, 4.69) is 85.7 Å². The molecule has 0 saturated heterocycles. The molecule has 0 bridgehead atoms. The van der Waals surface area contributed by atoms with E-state index < -0.39 is 0 Å². The lowest BCUT2D eigenvalue weighted by Crippen LogP contribution is -2.00. The second kappa shape index (κ2) is 5.69. The molecule has 1 heterocycles. The predicted molar refractivity (Wildman–Crippen MR) is 98.0 cm³/mol. The van der Waals surface area contributed by atoms with Gasteiger partial charge in [0, 0.05) is 10.8 Å². The number of hydrogen-bond donors (Lipinski definition) is 0. The first kappa shape index (κ1) is 14.4. The van der Waals surface area contributed by atoms with Crippen molar-refractivity contribution in [2.24, 2.45) is 0 Å². The first-order valence-corrected chi connectivity index (χ1v) is 7.63. The van der Waals surface area contributed by atoms with Gasteiger partial charge in [0.1, 0.15) is 0 Å². The van der Waals surface area contributed by atoms with Crippen molar-refractivity contribution in [3.05, 3.63) is 78.4 Å². The summed E-state index contributed by atoms with van der Waals surface area (Å²) >= 11 is 0.